The van der Waals surface area contributed by atoms with Crippen LogP contribution in [0.5, 0.6) is 0 Å². The second kappa shape index (κ2) is 9.73. The lowest BCUT2D eigenvalue weighted by Crippen LogP contribution is -2.25. The quantitative estimate of drug-likeness (QED) is 0.204. The highest BCUT2D eigenvalue weighted by atomic mass is 35.5. The first-order valence-corrected chi connectivity index (χ1v) is 11.5. The standard InChI is InChI=1S/C24H24ClN3O2S/c1-27-15-20(18-7-4-3-5-8-18)21-22(27)23(29)28(13-6-14-30-2)24(26-21)31-16-17-9-11-19(25)12-10-17/h3-5,7-12,15H,6,13-14,16H2,1-2H3. The van der Waals surface area contributed by atoms with Crippen LogP contribution in [0.25, 0.3) is 22.2 Å². The maximum Gasteiger partial charge on any atom is 0.278 e. The Hall–Kier alpha value is -2.54. The predicted octanol–water partition coefficient (Wildman–Crippen LogP) is 5.38. The van der Waals surface area contributed by atoms with Gasteiger partial charge < -0.3 is 9.30 Å². The van der Waals surface area contributed by atoms with Gasteiger partial charge in [-0.15, -0.1) is 0 Å². The summed E-state index contributed by atoms with van der Waals surface area (Å²) in [4.78, 5) is 18.5. The van der Waals surface area contributed by atoms with Crippen LogP contribution in [0, 0.1) is 0 Å². The molecule has 160 valence electrons. The lowest BCUT2D eigenvalue weighted by atomic mass is 10.1. The number of aryl methyl sites for hydroxylation is 1. The first kappa shape index (κ1) is 21.7. The van der Waals surface area contributed by atoms with Crippen molar-refractivity contribution in [2.24, 2.45) is 7.05 Å². The lowest BCUT2D eigenvalue weighted by Gasteiger charge is -2.13. The minimum absolute atomic E-state index is 0.0237. The van der Waals surface area contributed by atoms with Crippen LogP contribution in [0.4, 0.5) is 0 Å². The van der Waals surface area contributed by atoms with Gasteiger partial charge in [0.25, 0.3) is 5.56 Å². The molecule has 0 aliphatic carbocycles. The molecule has 0 saturated carbocycles. The molecule has 0 N–H and O–H groups in total. The second-order valence-electron chi connectivity index (χ2n) is 7.33. The normalized spacial score (nSPS) is 11.3. The van der Waals surface area contributed by atoms with Crippen molar-refractivity contribution in [2.75, 3.05) is 13.7 Å². The number of ether oxygens (including phenoxy) is 1. The molecule has 0 aliphatic rings. The van der Waals surface area contributed by atoms with Crippen molar-refractivity contribution in [3.63, 3.8) is 0 Å². The molecule has 4 rings (SSSR count). The van der Waals surface area contributed by atoms with Crippen LogP contribution in [0.1, 0.15) is 12.0 Å². The first-order valence-electron chi connectivity index (χ1n) is 10.1. The van der Waals surface area contributed by atoms with Crippen molar-refractivity contribution in [2.45, 2.75) is 23.9 Å². The van der Waals surface area contributed by atoms with Gasteiger partial charge in [0.1, 0.15) is 11.0 Å². The number of thioether (sulfide) groups is 1. The molecule has 2 aromatic carbocycles. The molecular weight excluding hydrogens is 430 g/mol. The molecule has 0 radical (unpaired) electrons. The SMILES string of the molecule is COCCCn1c(SCc2ccc(Cl)cc2)nc2c(-c3ccccc3)cn(C)c2c1=O. The highest BCUT2D eigenvalue weighted by Crippen LogP contribution is 2.30. The van der Waals surface area contributed by atoms with E-state index in [2.05, 4.69) is 0 Å². The Kier molecular flexibility index (Phi) is 6.80. The van der Waals surface area contributed by atoms with Crippen LogP contribution in [-0.4, -0.2) is 27.8 Å². The highest BCUT2D eigenvalue weighted by molar-refractivity contribution is 7.98. The number of aromatic nitrogens is 3. The number of hydrogen-bond acceptors (Lipinski definition) is 4. The van der Waals surface area contributed by atoms with Crippen molar-refractivity contribution in [1.29, 1.82) is 0 Å². The average Bonchev–Trinajstić information content (AvgIpc) is 3.12. The lowest BCUT2D eigenvalue weighted by molar-refractivity contribution is 0.189. The minimum atomic E-state index is -0.0237. The fourth-order valence-corrected chi connectivity index (χ4v) is 4.68. The van der Waals surface area contributed by atoms with Gasteiger partial charge in [0.2, 0.25) is 0 Å². The zero-order chi connectivity index (χ0) is 21.8. The molecule has 2 heterocycles. The number of hydrogen-bond donors (Lipinski definition) is 0. The topological polar surface area (TPSA) is 49.0 Å². The fourth-order valence-electron chi connectivity index (χ4n) is 3.58. The zero-order valence-electron chi connectivity index (χ0n) is 17.5. The van der Waals surface area contributed by atoms with Gasteiger partial charge in [-0.1, -0.05) is 65.8 Å². The van der Waals surface area contributed by atoms with Crippen LogP contribution < -0.4 is 5.56 Å². The summed E-state index contributed by atoms with van der Waals surface area (Å²) < 4.78 is 8.85. The molecule has 31 heavy (non-hydrogen) atoms. The Morgan fingerprint density at radius 1 is 1.10 bits per heavy atom. The van der Waals surface area contributed by atoms with Gasteiger partial charge in [-0.2, -0.15) is 0 Å². The third-order valence-corrected chi connectivity index (χ3v) is 6.44. The van der Waals surface area contributed by atoms with Crippen molar-refractivity contribution in [1.82, 2.24) is 14.1 Å². The Morgan fingerprint density at radius 2 is 1.84 bits per heavy atom. The fraction of sp³-hybridized carbons (Fsp3) is 0.250. The molecule has 0 bridgehead atoms. The predicted molar refractivity (Wildman–Crippen MR) is 128 cm³/mol. The average molecular weight is 454 g/mol. The molecule has 0 spiro atoms. The van der Waals surface area contributed by atoms with Crippen molar-refractivity contribution < 1.29 is 4.74 Å². The van der Waals surface area contributed by atoms with Gasteiger partial charge in [-0.3, -0.25) is 9.36 Å². The summed E-state index contributed by atoms with van der Waals surface area (Å²) in [6.45, 7) is 1.15. The van der Waals surface area contributed by atoms with E-state index in [0.717, 1.165) is 28.6 Å². The van der Waals surface area contributed by atoms with Gasteiger partial charge in [-0.05, 0) is 29.7 Å². The second-order valence-corrected chi connectivity index (χ2v) is 8.71. The van der Waals surface area contributed by atoms with Crippen LogP contribution in [0.3, 0.4) is 0 Å². The maximum atomic E-state index is 13.5. The molecule has 0 saturated heterocycles. The highest BCUT2D eigenvalue weighted by Gasteiger charge is 2.18. The van der Waals surface area contributed by atoms with Crippen LogP contribution in [-0.2, 0) is 24.1 Å². The zero-order valence-corrected chi connectivity index (χ0v) is 19.1. The van der Waals surface area contributed by atoms with Gasteiger partial charge >= 0.3 is 0 Å². The van der Waals surface area contributed by atoms with E-state index in [9.17, 15) is 4.79 Å². The van der Waals surface area contributed by atoms with Crippen LogP contribution in [0.2, 0.25) is 5.02 Å². The van der Waals surface area contributed by atoms with E-state index in [1.165, 1.54) is 0 Å². The van der Waals surface area contributed by atoms with Crippen molar-refractivity contribution in [3.05, 3.63) is 81.7 Å². The number of methoxy groups -OCH3 is 1. The molecule has 2 aromatic heterocycles. The third-order valence-electron chi connectivity index (χ3n) is 5.14. The van der Waals surface area contributed by atoms with E-state index in [1.807, 2.05) is 72.4 Å². The summed E-state index contributed by atoms with van der Waals surface area (Å²) >= 11 is 7.58. The Bertz CT molecular complexity index is 1230. The van der Waals surface area contributed by atoms with Gasteiger partial charge in [-0.25, -0.2) is 4.98 Å². The van der Waals surface area contributed by atoms with Crippen LogP contribution in [0.15, 0.2) is 70.7 Å². The molecular formula is C24H24ClN3O2S. The van der Waals surface area contributed by atoms with Crippen molar-refractivity contribution >= 4 is 34.4 Å². The first-order chi connectivity index (χ1) is 15.1. The Labute approximate surface area is 190 Å². The monoisotopic (exact) mass is 453 g/mol. The summed E-state index contributed by atoms with van der Waals surface area (Å²) in [5.74, 6) is 0.701. The number of benzene rings is 2. The van der Waals surface area contributed by atoms with Gasteiger partial charge in [0, 0.05) is 49.8 Å². The minimum Gasteiger partial charge on any atom is -0.385 e. The molecule has 5 nitrogen and oxygen atoms in total. The van der Waals surface area contributed by atoms with E-state index >= 15 is 0 Å². The summed E-state index contributed by atoms with van der Waals surface area (Å²) in [6, 6.07) is 17.8. The Morgan fingerprint density at radius 3 is 2.55 bits per heavy atom. The van der Waals surface area contributed by atoms with E-state index in [4.69, 9.17) is 21.3 Å². The van der Waals surface area contributed by atoms with Gasteiger partial charge in [0.15, 0.2) is 5.16 Å². The summed E-state index contributed by atoms with van der Waals surface area (Å²) in [6.07, 6.45) is 2.73. The third kappa shape index (κ3) is 4.71. The van der Waals surface area contributed by atoms with Crippen molar-refractivity contribution in [3.8, 4) is 11.1 Å². The van der Waals surface area contributed by atoms with E-state index < -0.39 is 0 Å². The molecule has 4 aromatic rings. The molecule has 7 heteroatoms. The summed E-state index contributed by atoms with van der Waals surface area (Å²) in [7, 11) is 3.57. The molecule has 0 unspecified atom stereocenters. The van der Waals surface area contributed by atoms with E-state index in [-0.39, 0.29) is 5.56 Å². The molecule has 0 fully saturated rings. The largest absolute Gasteiger partial charge is 0.385 e. The summed E-state index contributed by atoms with van der Waals surface area (Å²) in [5.41, 5.74) is 4.47. The molecule has 0 atom stereocenters. The number of fused-ring (bicyclic) bond motifs is 1. The van der Waals surface area contributed by atoms with E-state index in [0.29, 0.717) is 34.6 Å². The van der Waals surface area contributed by atoms with Gasteiger partial charge in [0.05, 0.1) is 0 Å². The number of halogens is 1. The number of nitrogens with zero attached hydrogens (tertiary/aromatic N) is 3. The van der Waals surface area contributed by atoms with Crippen LogP contribution >= 0.6 is 23.4 Å². The number of rotatable bonds is 8. The maximum absolute atomic E-state index is 13.5. The molecule has 0 amide bonds. The summed E-state index contributed by atoms with van der Waals surface area (Å²) in [5, 5.41) is 1.42. The Balaban J connectivity index is 1.79. The smallest absolute Gasteiger partial charge is 0.278 e. The van der Waals surface area contributed by atoms with E-state index in [1.54, 1.807) is 23.4 Å². The molecule has 0 aliphatic heterocycles.